The number of rotatable bonds is 8. The molecule has 1 N–H and O–H groups in total. The monoisotopic (exact) mass is 426 g/mol. The summed E-state index contributed by atoms with van der Waals surface area (Å²) in [6.07, 6.45) is 1.43. The van der Waals surface area contributed by atoms with E-state index >= 15 is 0 Å². The van der Waals surface area contributed by atoms with Crippen molar-refractivity contribution in [2.45, 2.75) is 33.6 Å². The Hall–Kier alpha value is -2.93. The lowest BCUT2D eigenvalue weighted by Crippen LogP contribution is -2.38. The van der Waals surface area contributed by atoms with Crippen molar-refractivity contribution in [2.75, 3.05) is 17.8 Å². The van der Waals surface area contributed by atoms with Crippen LogP contribution >= 0.6 is 0 Å². The summed E-state index contributed by atoms with van der Waals surface area (Å²) in [5.74, 6) is -1.09. The molecule has 0 fully saturated rings. The number of hydrogen-bond donors (Lipinski definition) is 1. The number of fused-ring (bicyclic) bond motifs is 1. The van der Waals surface area contributed by atoms with Crippen molar-refractivity contribution < 1.29 is 18.0 Å². The fraction of sp³-hybridized carbons (Fsp3) is 0.304. The zero-order valence-corrected chi connectivity index (χ0v) is 18.3. The smallest absolute Gasteiger partial charge is 0.268 e. The summed E-state index contributed by atoms with van der Waals surface area (Å²) >= 11 is 0. The third-order valence-corrected chi connectivity index (χ3v) is 6.35. The molecule has 6 nitrogen and oxygen atoms in total. The lowest BCUT2D eigenvalue weighted by Gasteiger charge is -2.31. The van der Waals surface area contributed by atoms with Crippen LogP contribution in [0.1, 0.15) is 53.0 Å². The van der Waals surface area contributed by atoms with E-state index in [1.807, 2.05) is 20.8 Å². The first-order chi connectivity index (χ1) is 14.3. The summed E-state index contributed by atoms with van der Waals surface area (Å²) in [4.78, 5) is 27.9. The van der Waals surface area contributed by atoms with Gasteiger partial charge in [-0.2, -0.15) is 0 Å². The van der Waals surface area contributed by atoms with Crippen molar-refractivity contribution in [1.29, 1.82) is 0 Å². The second-order valence-corrected chi connectivity index (χ2v) is 8.96. The lowest BCUT2D eigenvalue weighted by atomic mass is 9.91. The second-order valence-electron chi connectivity index (χ2n) is 7.34. The number of ketones is 2. The molecule has 0 atom stereocenters. The fourth-order valence-corrected chi connectivity index (χ4v) is 4.96. The summed E-state index contributed by atoms with van der Waals surface area (Å²) in [5, 5.41) is 0. The third-order valence-electron chi connectivity index (χ3n) is 4.93. The molecular weight excluding hydrogens is 400 g/mol. The Kier molecular flexibility index (Phi) is 6.41. The van der Waals surface area contributed by atoms with E-state index in [9.17, 15) is 18.0 Å². The molecule has 0 heterocycles. The highest BCUT2D eigenvalue weighted by atomic mass is 32.2. The first-order valence-electron chi connectivity index (χ1n) is 10.1. The van der Waals surface area contributed by atoms with Crippen LogP contribution in [0.4, 0.5) is 5.69 Å². The highest BCUT2D eigenvalue weighted by molar-refractivity contribution is 7.97. The van der Waals surface area contributed by atoms with Crippen molar-refractivity contribution >= 4 is 27.3 Å². The lowest BCUT2D eigenvalue weighted by molar-refractivity contribution is 0.0946. The van der Waals surface area contributed by atoms with Crippen LogP contribution in [0.15, 0.2) is 59.1 Å². The standard InChI is InChI=1S/C23H26N2O4S/c1-4-14-25(15-5-2)20-21(26)18-8-6-7-9-19(18)22(27)23(20)30(28,29)24-17-12-10-16(3)11-13-17/h6-13,24H,4-5,14-15H2,1-3H3. The summed E-state index contributed by atoms with van der Waals surface area (Å²) in [6.45, 7) is 6.75. The maximum Gasteiger partial charge on any atom is 0.268 e. The van der Waals surface area contributed by atoms with E-state index in [0.29, 0.717) is 31.6 Å². The van der Waals surface area contributed by atoms with Gasteiger partial charge in [0.1, 0.15) is 5.70 Å². The molecule has 0 spiro atoms. The Morgan fingerprint density at radius 3 is 1.90 bits per heavy atom. The summed E-state index contributed by atoms with van der Waals surface area (Å²) in [6, 6.07) is 13.2. The predicted octanol–water partition coefficient (Wildman–Crippen LogP) is 4.15. The zero-order valence-electron chi connectivity index (χ0n) is 17.4. The number of sulfonamides is 1. The number of carbonyl (C=O) groups excluding carboxylic acids is 2. The topological polar surface area (TPSA) is 83.6 Å². The molecule has 0 saturated carbocycles. The van der Waals surface area contributed by atoms with Gasteiger partial charge in [-0.15, -0.1) is 0 Å². The fourth-order valence-electron chi connectivity index (χ4n) is 3.58. The number of nitrogens with zero attached hydrogens (tertiary/aromatic N) is 1. The van der Waals surface area contributed by atoms with E-state index in [2.05, 4.69) is 4.72 Å². The minimum atomic E-state index is -4.29. The largest absolute Gasteiger partial charge is 0.367 e. The highest BCUT2D eigenvalue weighted by Crippen LogP contribution is 2.32. The van der Waals surface area contributed by atoms with Crippen molar-refractivity contribution in [3.8, 4) is 0 Å². The van der Waals surface area contributed by atoms with Gasteiger partial charge in [0.2, 0.25) is 11.6 Å². The molecule has 1 aliphatic rings. The molecule has 0 saturated heterocycles. The Bertz CT molecular complexity index is 1100. The van der Waals surface area contributed by atoms with E-state index < -0.39 is 26.5 Å². The molecule has 0 unspecified atom stereocenters. The van der Waals surface area contributed by atoms with Gasteiger partial charge in [-0.05, 0) is 31.9 Å². The number of anilines is 1. The van der Waals surface area contributed by atoms with Gasteiger partial charge in [0.25, 0.3) is 10.0 Å². The minimum Gasteiger partial charge on any atom is -0.367 e. The van der Waals surface area contributed by atoms with Crippen LogP contribution in [0.3, 0.4) is 0 Å². The van der Waals surface area contributed by atoms with E-state index in [0.717, 1.165) is 5.56 Å². The molecule has 0 aliphatic heterocycles. The predicted molar refractivity (Wildman–Crippen MR) is 118 cm³/mol. The minimum absolute atomic E-state index is 0.0398. The number of carbonyl (C=O) groups is 2. The van der Waals surface area contributed by atoms with Crippen molar-refractivity contribution in [3.05, 3.63) is 75.8 Å². The van der Waals surface area contributed by atoms with Gasteiger partial charge in [-0.3, -0.25) is 14.3 Å². The van der Waals surface area contributed by atoms with Crippen LogP contribution in [0.5, 0.6) is 0 Å². The molecular formula is C23H26N2O4S. The average Bonchev–Trinajstić information content (AvgIpc) is 2.72. The van der Waals surface area contributed by atoms with Gasteiger partial charge >= 0.3 is 0 Å². The molecule has 0 amide bonds. The van der Waals surface area contributed by atoms with Crippen LogP contribution < -0.4 is 4.72 Å². The Balaban J connectivity index is 2.20. The second kappa shape index (κ2) is 8.83. The van der Waals surface area contributed by atoms with Crippen molar-refractivity contribution in [2.24, 2.45) is 0 Å². The van der Waals surface area contributed by atoms with Gasteiger partial charge in [0.15, 0.2) is 4.91 Å². The van der Waals surface area contributed by atoms with Gasteiger partial charge in [0, 0.05) is 29.9 Å². The summed E-state index contributed by atoms with van der Waals surface area (Å²) < 4.78 is 29.2. The molecule has 2 aromatic rings. The van der Waals surface area contributed by atoms with Crippen LogP contribution in [-0.4, -0.2) is 38.0 Å². The van der Waals surface area contributed by atoms with Crippen LogP contribution in [0.2, 0.25) is 0 Å². The number of nitrogens with one attached hydrogen (secondary N) is 1. The summed E-state index contributed by atoms with van der Waals surface area (Å²) in [5.41, 5.74) is 1.63. The van der Waals surface area contributed by atoms with Gasteiger partial charge < -0.3 is 4.90 Å². The molecule has 158 valence electrons. The molecule has 0 radical (unpaired) electrons. The Labute approximate surface area is 177 Å². The Morgan fingerprint density at radius 2 is 1.37 bits per heavy atom. The normalized spacial score (nSPS) is 14.0. The molecule has 0 bridgehead atoms. The molecule has 3 rings (SSSR count). The van der Waals surface area contributed by atoms with E-state index in [1.165, 1.54) is 6.07 Å². The molecule has 2 aromatic carbocycles. The highest BCUT2D eigenvalue weighted by Gasteiger charge is 2.41. The first-order valence-corrected chi connectivity index (χ1v) is 11.6. The number of aryl methyl sites for hydroxylation is 1. The van der Waals surface area contributed by atoms with E-state index in [1.54, 1.807) is 47.4 Å². The number of allylic oxidation sites excluding steroid dienone is 2. The summed E-state index contributed by atoms with van der Waals surface area (Å²) in [7, 11) is -4.29. The van der Waals surface area contributed by atoms with Gasteiger partial charge in [0.05, 0.1) is 0 Å². The molecule has 0 aromatic heterocycles. The SMILES string of the molecule is CCCN(CCC)C1=C(S(=O)(=O)Nc2ccc(C)cc2)C(=O)c2ccccc2C1=O. The average molecular weight is 427 g/mol. The maximum atomic E-state index is 13.4. The molecule has 1 aliphatic carbocycles. The molecule has 7 heteroatoms. The maximum absolute atomic E-state index is 13.4. The first kappa shape index (κ1) is 21.8. The van der Waals surface area contributed by atoms with Crippen LogP contribution in [0.25, 0.3) is 0 Å². The van der Waals surface area contributed by atoms with E-state index in [4.69, 9.17) is 0 Å². The van der Waals surface area contributed by atoms with Crippen LogP contribution in [0, 0.1) is 6.92 Å². The Morgan fingerprint density at radius 1 is 0.833 bits per heavy atom. The number of hydrogen-bond acceptors (Lipinski definition) is 5. The van der Waals surface area contributed by atoms with Gasteiger partial charge in [-0.25, -0.2) is 8.42 Å². The van der Waals surface area contributed by atoms with Gasteiger partial charge in [-0.1, -0.05) is 55.8 Å². The van der Waals surface area contributed by atoms with Crippen LogP contribution in [-0.2, 0) is 10.0 Å². The van der Waals surface area contributed by atoms with Crippen molar-refractivity contribution in [3.63, 3.8) is 0 Å². The molecule has 30 heavy (non-hydrogen) atoms. The van der Waals surface area contributed by atoms with Crippen molar-refractivity contribution in [1.82, 2.24) is 4.90 Å². The quantitative estimate of drug-likeness (QED) is 0.686. The number of Topliss-reactive ketones (excluding diaryl/α,β-unsaturated/α-hetero) is 2. The zero-order chi connectivity index (χ0) is 21.9. The van der Waals surface area contributed by atoms with E-state index in [-0.39, 0.29) is 16.8 Å². The number of benzene rings is 2. The third kappa shape index (κ3) is 4.16.